The van der Waals surface area contributed by atoms with Crippen molar-refractivity contribution in [3.05, 3.63) is 29.3 Å². The summed E-state index contributed by atoms with van der Waals surface area (Å²) in [6.07, 6.45) is 3.52. The molecule has 0 radical (unpaired) electrons. The second-order valence-corrected chi connectivity index (χ2v) is 9.39. The maximum atomic E-state index is 12.4. The van der Waals surface area contributed by atoms with Gasteiger partial charge in [-0.15, -0.1) is 0 Å². The number of aldehydes is 1. The van der Waals surface area contributed by atoms with Gasteiger partial charge in [-0.25, -0.2) is 9.59 Å². The van der Waals surface area contributed by atoms with Gasteiger partial charge in [0.15, 0.2) is 0 Å². The Kier molecular flexibility index (Phi) is 21.3. The van der Waals surface area contributed by atoms with Gasteiger partial charge in [0.05, 0.1) is 12.6 Å². The van der Waals surface area contributed by atoms with Crippen molar-refractivity contribution in [2.24, 2.45) is 5.73 Å². The highest BCUT2D eigenvalue weighted by Crippen LogP contribution is 2.17. The molecule has 0 aromatic heterocycles. The molecule has 0 heterocycles. The Morgan fingerprint density at radius 3 is 2.16 bits per heavy atom. The molecule has 0 fully saturated rings. The minimum Gasteiger partial charge on any atom is -0.444 e. The largest absolute Gasteiger partial charge is 0.444 e. The summed E-state index contributed by atoms with van der Waals surface area (Å²) in [7, 11) is 3.65. The number of aryl methyl sites for hydroxylation is 1. The van der Waals surface area contributed by atoms with E-state index in [0.717, 1.165) is 18.7 Å². The SMILES string of the molecule is CC(C)(C)OC(=O)NCC=O.CCC.CCc1ccc(NC(=O)C(CCCNC(N)=O)NC)cc1CNC. The number of hydrogen-bond acceptors (Lipinski definition) is 7. The molecule has 11 nitrogen and oxygen atoms in total. The smallest absolute Gasteiger partial charge is 0.408 e. The number of amides is 4. The van der Waals surface area contributed by atoms with E-state index in [1.54, 1.807) is 27.8 Å². The van der Waals surface area contributed by atoms with Crippen LogP contribution in [0.5, 0.6) is 0 Å². The van der Waals surface area contributed by atoms with Crippen molar-refractivity contribution in [3.63, 3.8) is 0 Å². The maximum absolute atomic E-state index is 12.4. The zero-order valence-electron chi connectivity index (χ0n) is 24.5. The number of alkyl carbamates (subject to hydrolysis) is 1. The van der Waals surface area contributed by atoms with Crippen molar-refractivity contribution in [1.82, 2.24) is 21.3 Å². The van der Waals surface area contributed by atoms with Gasteiger partial charge in [0, 0.05) is 18.8 Å². The lowest BCUT2D eigenvalue weighted by atomic mass is 10.0. The first-order valence-corrected chi connectivity index (χ1v) is 13.1. The lowest BCUT2D eigenvalue weighted by Gasteiger charge is -2.18. The molecule has 0 bridgehead atoms. The molecule has 218 valence electrons. The number of nitrogens with two attached hydrogens (primary N) is 1. The molecule has 1 atom stereocenters. The van der Waals surface area contributed by atoms with Gasteiger partial charge in [0.1, 0.15) is 11.9 Å². The van der Waals surface area contributed by atoms with Crippen LogP contribution in [0.2, 0.25) is 0 Å². The zero-order valence-corrected chi connectivity index (χ0v) is 24.5. The van der Waals surface area contributed by atoms with Crippen LogP contribution in [-0.2, 0) is 27.3 Å². The van der Waals surface area contributed by atoms with E-state index in [1.165, 1.54) is 17.5 Å². The van der Waals surface area contributed by atoms with Crippen molar-refractivity contribution in [2.75, 3.05) is 32.5 Å². The standard InChI is InChI=1S/C17H29N5O2.C7H13NO3.C3H8/c1-4-12-7-8-14(10-13(12)11-19-2)22-16(23)15(20-3)6-5-9-21-17(18)24;1-7(2,3)11-6(10)8-4-5-9;1-3-2/h7-8,10,15,19-20H,4-6,9,11H2,1-3H3,(H,22,23)(H3,18,21,24);5H,4H2,1-3H3,(H,8,10);3H2,1-2H3. The Morgan fingerprint density at radius 1 is 1.05 bits per heavy atom. The third-order valence-electron chi connectivity index (χ3n) is 4.58. The fraction of sp³-hybridized carbons (Fsp3) is 0.630. The molecular weight excluding hydrogens is 488 g/mol. The van der Waals surface area contributed by atoms with Gasteiger partial charge in [-0.1, -0.05) is 33.3 Å². The molecule has 1 rings (SSSR count). The third-order valence-corrected chi connectivity index (χ3v) is 4.58. The van der Waals surface area contributed by atoms with Gasteiger partial charge in [-0.3, -0.25) is 4.79 Å². The number of rotatable bonds is 12. The van der Waals surface area contributed by atoms with E-state index in [4.69, 9.17) is 10.5 Å². The van der Waals surface area contributed by atoms with Gasteiger partial charge >= 0.3 is 12.1 Å². The number of carbonyl (C=O) groups excluding carboxylic acids is 4. The Balaban J connectivity index is 0. The number of likely N-dealkylation sites (N-methyl/N-ethyl adjacent to an activating group) is 1. The van der Waals surface area contributed by atoms with Crippen LogP contribution in [0.15, 0.2) is 18.2 Å². The second-order valence-electron chi connectivity index (χ2n) is 9.39. The topological polar surface area (TPSA) is 164 Å². The number of nitrogens with one attached hydrogen (secondary N) is 5. The maximum Gasteiger partial charge on any atom is 0.408 e. The molecule has 7 N–H and O–H groups in total. The molecule has 4 amide bonds. The Labute approximate surface area is 228 Å². The fourth-order valence-electron chi connectivity index (χ4n) is 3.00. The van der Waals surface area contributed by atoms with Crippen LogP contribution in [0.3, 0.4) is 0 Å². The molecule has 1 aromatic carbocycles. The molecule has 1 unspecified atom stereocenters. The molecular formula is C27H50N6O5. The number of hydrogen-bond donors (Lipinski definition) is 6. The van der Waals surface area contributed by atoms with Crippen LogP contribution in [-0.4, -0.2) is 63.1 Å². The molecule has 0 aliphatic rings. The number of primary amides is 1. The van der Waals surface area contributed by atoms with E-state index in [9.17, 15) is 19.2 Å². The highest BCUT2D eigenvalue weighted by Gasteiger charge is 2.17. The number of carbonyl (C=O) groups is 4. The summed E-state index contributed by atoms with van der Waals surface area (Å²) in [6.45, 7) is 12.9. The van der Waals surface area contributed by atoms with Crippen molar-refractivity contribution >= 4 is 30.0 Å². The summed E-state index contributed by atoms with van der Waals surface area (Å²) < 4.78 is 4.83. The molecule has 0 aliphatic heterocycles. The van der Waals surface area contributed by atoms with E-state index < -0.39 is 17.7 Å². The lowest BCUT2D eigenvalue weighted by Crippen LogP contribution is -2.39. The minimum absolute atomic E-state index is 0.00505. The predicted octanol–water partition coefficient (Wildman–Crippen LogP) is 3.07. The number of urea groups is 1. The Morgan fingerprint density at radius 2 is 1.68 bits per heavy atom. The zero-order chi connectivity index (χ0) is 29.6. The number of benzene rings is 1. The van der Waals surface area contributed by atoms with E-state index in [-0.39, 0.29) is 18.5 Å². The highest BCUT2D eigenvalue weighted by atomic mass is 16.6. The van der Waals surface area contributed by atoms with Gasteiger partial charge < -0.3 is 41.8 Å². The number of anilines is 1. The minimum atomic E-state index is -0.565. The van der Waals surface area contributed by atoms with Crippen LogP contribution in [0.1, 0.15) is 71.9 Å². The van der Waals surface area contributed by atoms with Gasteiger partial charge in [-0.2, -0.15) is 0 Å². The lowest BCUT2D eigenvalue weighted by molar-refractivity contribution is -0.118. The molecule has 0 aliphatic carbocycles. The Bertz CT molecular complexity index is 827. The second kappa shape index (κ2) is 21.9. The highest BCUT2D eigenvalue weighted by molar-refractivity contribution is 5.94. The first kappa shape index (κ1) is 37.0. The Hall–Kier alpha value is -3.18. The summed E-state index contributed by atoms with van der Waals surface area (Å²) >= 11 is 0. The van der Waals surface area contributed by atoms with E-state index in [1.807, 2.05) is 25.2 Å². The first-order chi connectivity index (χ1) is 17.9. The van der Waals surface area contributed by atoms with Crippen LogP contribution < -0.4 is 32.3 Å². The van der Waals surface area contributed by atoms with Crippen molar-refractivity contribution in [2.45, 2.75) is 85.4 Å². The van der Waals surface area contributed by atoms with Gasteiger partial charge in [-0.05, 0) is 77.4 Å². The molecule has 0 spiro atoms. The fourth-order valence-corrected chi connectivity index (χ4v) is 3.00. The van der Waals surface area contributed by atoms with E-state index >= 15 is 0 Å². The average Bonchev–Trinajstić information content (AvgIpc) is 2.83. The first-order valence-electron chi connectivity index (χ1n) is 13.1. The van der Waals surface area contributed by atoms with Crippen LogP contribution in [0.4, 0.5) is 15.3 Å². The molecule has 38 heavy (non-hydrogen) atoms. The summed E-state index contributed by atoms with van der Waals surface area (Å²) in [5, 5.41) is 13.9. The third kappa shape index (κ3) is 19.9. The van der Waals surface area contributed by atoms with Crippen molar-refractivity contribution in [3.8, 4) is 0 Å². The molecule has 1 aromatic rings. The van der Waals surface area contributed by atoms with Crippen LogP contribution in [0.25, 0.3) is 0 Å². The summed E-state index contributed by atoms with van der Waals surface area (Å²) in [5.74, 6) is -0.0868. The van der Waals surface area contributed by atoms with Crippen LogP contribution >= 0.6 is 0 Å². The average molecular weight is 539 g/mol. The van der Waals surface area contributed by atoms with E-state index in [0.29, 0.717) is 25.7 Å². The summed E-state index contributed by atoms with van der Waals surface area (Å²) in [6, 6.07) is 5.12. The van der Waals surface area contributed by atoms with Crippen LogP contribution in [0, 0.1) is 0 Å². The molecule has 0 saturated carbocycles. The predicted molar refractivity (Wildman–Crippen MR) is 153 cm³/mol. The van der Waals surface area contributed by atoms with E-state index in [2.05, 4.69) is 47.4 Å². The monoisotopic (exact) mass is 538 g/mol. The quantitative estimate of drug-likeness (QED) is 0.176. The summed E-state index contributed by atoms with van der Waals surface area (Å²) in [4.78, 5) is 43.6. The normalized spacial score (nSPS) is 10.9. The van der Waals surface area contributed by atoms with Crippen molar-refractivity contribution in [1.29, 1.82) is 0 Å². The van der Waals surface area contributed by atoms with Gasteiger partial charge in [0.25, 0.3) is 0 Å². The molecule has 0 saturated heterocycles. The number of ether oxygens (including phenoxy) is 1. The summed E-state index contributed by atoms with van der Waals surface area (Å²) in [5.41, 5.74) is 7.75. The molecule has 11 heteroatoms. The van der Waals surface area contributed by atoms with Gasteiger partial charge in [0.2, 0.25) is 5.91 Å². The van der Waals surface area contributed by atoms with Crippen molar-refractivity contribution < 1.29 is 23.9 Å².